The van der Waals surface area contributed by atoms with Crippen molar-refractivity contribution in [1.29, 1.82) is 5.26 Å². The van der Waals surface area contributed by atoms with E-state index in [0.717, 1.165) is 23.9 Å². The summed E-state index contributed by atoms with van der Waals surface area (Å²) in [5, 5.41) is 12.0. The van der Waals surface area contributed by atoms with E-state index in [1.807, 2.05) is 11.0 Å². The Hall–Kier alpha value is -1.98. The van der Waals surface area contributed by atoms with Crippen LogP contribution in [-0.4, -0.2) is 58.8 Å². The van der Waals surface area contributed by atoms with Gasteiger partial charge in [0.2, 0.25) is 11.8 Å². The number of nitrogens with zero attached hydrogens (tertiary/aromatic N) is 4. The van der Waals surface area contributed by atoms with Crippen molar-refractivity contribution in [3.05, 3.63) is 22.8 Å². The molecule has 0 aromatic carbocycles. The number of rotatable bonds is 5. The molecule has 2 rings (SSSR count). The largest absolute Gasteiger partial charge is 0.326 e. The number of nitrogens with one attached hydrogen (secondary N) is 1. The number of likely N-dealkylation sites (tertiary alicyclic amines) is 1. The summed E-state index contributed by atoms with van der Waals surface area (Å²) in [4.78, 5) is 32.5. The molecule has 1 aromatic rings. The summed E-state index contributed by atoms with van der Waals surface area (Å²) in [6.07, 6.45) is 3.27. The van der Waals surface area contributed by atoms with Crippen LogP contribution in [0.25, 0.3) is 0 Å². The summed E-state index contributed by atoms with van der Waals surface area (Å²) in [5.41, 5.74) is -0.850. The lowest BCUT2D eigenvalue weighted by Crippen LogP contribution is -2.50. The first kappa shape index (κ1) is 20.3. The van der Waals surface area contributed by atoms with E-state index < -0.39 is 5.54 Å². The minimum absolute atomic E-state index is 0.0809. The molecule has 1 saturated heterocycles. The number of anilines is 1. The Morgan fingerprint density at radius 3 is 2.85 bits per heavy atom. The van der Waals surface area contributed by atoms with Crippen LogP contribution in [0.5, 0.6) is 0 Å². The third kappa shape index (κ3) is 5.26. The zero-order chi connectivity index (χ0) is 19.3. The quantitative estimate of drug-likeness (QED) is 0.787. The summed E-state index contributed by atoms with van der Waals surface area (Å²) >= 11 is 3.31. The van der Waals surface area contributed by atoms with Crippen molar-refractivity contribution in [3.8, 4) is 6.07 Å². The van der Waals surface area contributed by atoms with E-state index in [-0.39, 0.29) is 24.3 Å². The SMILES string of the molecule is CN(C(=O)CN1CCCC(C(=O)Nc2ccc(Br)cn2)C1)C(C)(C)C#N. The molecule has 140 valence electrons. The first-order chi connectivity index (χ1) is 12.2. The fraction of sp³-hybridized carbons (Fsp3) is 0.556. The molecule has 1 aliphatic heterocycles. The van der Waals surface area contributed by atoms with Crippen molar-refractivity contribution in [2.45, 2.75) is 32.2 Å². The Balaban J connectivity index is 1.92. The van der Waals surface area contributed by atoms with Crippen LogP contribution in [0.15, 0.2) is 22.8 Å². The number of carbonyl (C=O) groups is 2. The molecular weight excluding hydrogens is 398 g/mol. The Kier molecular flexibility index (Phi) is 6.73. The van der Waals surface area contributed by atoms with Gasteiger partial charge < -0.3 is 10.2 Å². The number of halogens is 1. The molecule has 0 saturated carbocycles. The minimum atomic E-state index is -0.850. The molecule has 7 nitrogen and oxygen atoms in total. The molecule has 2 heterocycles. The van der Waals surface area contributed by atoms with Gasteiger partial charge in [-0.15, -0.1) is 0 Å². The highest BCUT2D eigenvalue weighted by Crippen LogP contribution is 2.20. The summed E-state index contributed by atoms with van der Waals surface area (Å²) < 4.78 is 0.849. The monoisotopic (exact) mass is 421 g/mol. The van der Waals surface area contributed by atoms with Crippen molar-refractivity contribution in [2.24, 2.45) is 5.92 Å². The lowest BCUT2D eigenvalue weighted by Gasteiger charge is -2.35. The third-order valence-corrected chi connectivity index (χ3v) is 5.17. The molecule has 1 aliphatic rings. The number of carbonyl (C=O) groups excluding carboxylic acids is 2. The highest BCUT2D eigenvalue weighted by atomic mass is 79.9. The predicted octanol–water partition coefficient (Wildman–Crippen LogP) is 2.26. The van der Waals surface area contributed by atoms with Gasteiger partial charge in [-0.1, -0.05) is 0 Å². The molecule has 26 heavy (non-hydrogen) atoms. The maximum atomic E-state index is 12.5. The lowest BCUT2D eigenvalue weighted by molar-refractivity contribution is -0.135. The molecule has 1 N–H and O–H groups in total. The highest BCUT2D eigenvalue weighted by Gasteiger charge is 2.31. The molecule has 0 radical (unpaired) electrons. The van der Waals surface area contributed by atoms with Crippen molar-refractivity contribution in [2.75, 3.05) is 32.0 Å². The molecule has 1 atom stereocenters. The normalized spacial score (nSPS) is 18.0. The van der Waals surface area contributed by atoms with Crippen molar-refractivity contribution < 1.29 is 9.59 Å². The summed E-state index contributed by atoms with van der Waals surface area (Å²) in [7, 11) is 1.64. The Bertz CT molecular complexity index is 699. The number of aromatic nitrogens is 1. The fourth-order valence-corrected chi connectivity index (χ4v) is 3.01. The second-order valence-corrected chi connectivity index (χ2v) is 7.96. The van der Waals surface area contributed by atoms with E-state index in [0.29, 0.717) is 12.4 Å². The van der Waals surface area contributed by atoms with Gasteiger partial charge in [0.1, 0.15) is 11.4 Å². The first-order valence-corrected chi connectivity index (χ1v) is 9.35. The van der Waals surface area contributed by atoms with E-state index >= 15 is 0 Å². The van der Waals surface area contributed by atoms with Crippen molar-refractivity contribution in [3.63, 3.8) is 0 Å². The van der Waals surface area contributed by atoms with Crippen molar-refractivity contribution >= 4 is 33.6 Å². The fourth-order valence-electron chi connectivity index (χ4n) is 2.78. The third-order valence-electron chi connectivity index (χ3n) is 4.70. The molecule has 0 bridgehead atoms. The number of nitriles is 1. The van der Waals surface area contributed by atoms with E-state index in [4.69, 9.17) is 0 Å². The molecule has 0 spiro atoms. The van der Waals surface area contributed by atoms with Gasteiger partial charge in [-0.05, 0) is 61.3 Å². The molecule has 2 amide bonds. The number of hydrogen-bond acceptors (Lipinski definition) is 5. The number of piperidine rings is 1. The molecule has 1 fully saturated rings. The van der Waals surface area contributed by atoms with Gasteiger partial charge in [0, 0.05) is 24.3 Å². The minimum Gasteiger partial charge on any atom is -0.326 e. The van der Waals surface area contributed by atoms with E-state index in [1.165, 1.54) is 4.90 Å². The van der Waals surface area contributed by atoms with E-state index in [2.05, 4.69) is 32.3 Å². The smallest absolute Gasteiger partial charge is 0.237 e. The van der Waals surface area contributed by atoms with Gasteiger partial charge in [-0.2, -0.15) is 5.26 Å². The van der Waals surface area contributed by atoms with Crippen LogP contribution in [0.1, 0.15) is 26.7 Å². The molecule has 1 aromatic heterocycles. The first-order valence-electron chi connectivity index (χ1n) is 8.55. The van der Waals surface area contributed by atoms with Gasteiger partial charge >= 0.3 is 0 Å². The molecular formula is C18H24BrN5O2. The highest BCUT2D eigenvalue weighted by molar-refractivity contribution is 9.10. The van der Waals surface area contributed by atoms with Crippen LogP contribution in [0, 0.1) is 17.2 Å². The zero-order valence-corrected chi connectivity index (χ0v) is 16.9. The Morgan fingerprint density at radius 2 is 2.23 bits per heavy atom. The molecule has 0 aliphatic carbocycles. The second-order valence-electron chi connectivity index (χ2n) is 7.05. The van der Waals surface area contributed by atoms with Crippen molar-refractivity contribution in [1.82, 2.24) is 14.8 Å². The number of likely N-dealkylation sites (N-methyl/N-ethyl adjacent to an activating group) is 1. The average Bonchev–Trinajstić information content (AvgIpc) is 2.63. The van der Waals surface area contributed by atoms with E-state index in [9.17, 15) is 14.9 Å². The van der Waals surface area contributed by atoms with Gasteiger partial charge in [-0.3, -0.25) is 14.5 Å². The molecule has 1 unspecified atom stereocenters. The summed E-state index contributed by atoms with van der Waals surface area (Å²) in [5.74, 6) is 0.132. The van der Waals surface area contributed by atoms with Crippen LogP contribution in [0.2, 0.25) is 0 Å². The van der Waals surface area contributed by atoms with Crippen LogP contribution >= 0.6 is 15.9 Å². The summed E-state index contributed by atoms with van der Waals surface area (Å²) in [6.45, 7) is 4.93. The zero-order valence-electron chi connectivity index (χ0n) is 15.3. The topological polar surface area (TPSA) is 89.3 Å². The summed E-state index contributed by atoms with van der Waals surface area (Å²) in [6, 6.07) is 5.69. The predicted molar refractivity (Wildman–Crippen MR) is 102 cm³/mol. The van der Waals surface area contributed by atoms with Gasteiger partial charge in [0.15, 0.2) is 0 Å². The van der Waals surface area contributed by atoms with Gasteiger partial charge in [0.05, 0.1) is 18.5 Å². The number of amides is 2. The van der Waals surface area contributed by atoms with Crippen LogP contribution in [0.4, 0.5) is 5.82 Å². The van der Waals surface area contributed by atoms with Crippen LogP contribution in [0.3, 0.4) is 0 Å². The Labute approximate surface area is 162 Å². The number of pyridine rings is 1. The van der Waals surface area contributed by atoms with Gasteiger partial charge in [-0.25, -0.2) is 4.98 Å². The number of hydrogen-bond donors (Lipinski definition) is 1. The molecule has 8 heteroatoms. The second kappa shape index (κ2) is 8.60. The average molecular weight is 422 g/mol. The maximum absolute atomic E-state index is 12.5. The van der Waals surface area contributed by atoms with E-state index in [1.54, 1.807) is 33.2 Å². The maximum Gasteiger partial charge on any atom is 0.237 e. The van der Waals surface area contributed by atoms with Crippen LogP contribution in [-0.2, 0) is 9.59 Å². The standard InChI is InChI=1S/C18H24BrN5O2/c1-18(2,12-20)23(3)16(25)11-24-8-4-5-13(10-24)17(26)22-15-7-6-14(19)9-21-15/h6-7,9,13H,4-5,8,10-11H2,1-3H3,(H,21,22,26). The van der Waals surface area contributed by atoms with Gasteiger partial charge in [0.25, 0.3) is 0 Å². The van der Waals surface area contributed by atoms with Crippen LogP contribution < -0.4 is 5.32 Å². The Morgan fingerprint density at radius 1 is 1.50 bits per heavy atom. The lowest BCUT2D eigenvalue weighted by atomic mass is 9.97.